The molecule has 0 aliphatic carbocycles. The lowest BCUT2D eigenvalue weighted by Crippen LogP contribution is -2.37. The molecule has 0 aliphatic rings. The second-order valence-corrected chi connectivity index (χ2v) is 6.92. The number of benzene rings is 1. The Balaban J connectivity index is 2.08. The molecule has 3 heterocycles. The molecule has 0 amide bonds. The number of aromatic nitrogens is 5. The summed E-state index contributed by atoms with van der Waals surface area (Å²) in [6.45, 7) is 2.17. The molecular weight excluding hydrogens is 342 g/mol. The third-order valence-electron chi connectivity index (χ3n) is 5.13. The van der Waals surface area contributed by atoms with E-state index in [0.29, 0.717) is 16.9 Å². The van der Waals surface area contributed by atoms with Gasteiger partial charge in [-0.05, 0) is 18.4 Å². The molecule has 1 aromatic carbocycles. The minimum absolute atomic E-state index is 0.323. The molecule has 27 heavy (non-hydrogen) atoms. The minimum Gasteiger partial charge on any atom is -0.323 e. The largest absolute Gasteiger partial charge is 0.332 e. The van der Waals surface area contributed by atoms with Crippen LogP contribution in [0, 0.1) is 0 Å². The number of fused-ring (bicyclic) bond motifs is 3. The fourth-order valence-electron chi connectivity index (χ4n) is 3.66. The van der Waals surface area contributed by atoms with Crippen LogP contribution in [-0.4, -0.2) is 23.5 Å². The molecule has 7 nitrogen and oxygen atoms in total. The van der Waals surface area contributed by atoms with Gasteiger partial charge in [0.1, 0.15) is 0 Å². The van der Waals surface area contributed by atoms with E-state index in [1.54, 1.807) is 7.05 Å². The first-order valence-corrected chi connectivity index (χ1v) is 9.29. The molecule has 7 heteroatoms. The summed E-state index contributed by atoms with van der Waals surface area (Å²) in [5.41, 5.74) is 3.23. The van der Waals surface area contributed by atoms with Gasteiger partial charge >= 0.3 is 5.69 Å². The van der Waals surface area contributed by atoms with Crippen LogP contribution in [0.5, 0.6) is 0 Å². The van der Waals surface area contributed by atoms with E-state index in [9.17, 15) is 9.59 Å². The maximum Gasteiger partial charge on any atom is 0.332 e. The number of aromatic amines is 1. The van der Waals surface area contributed by atoms with Crippen molar-refractivity contribution in [1.82, 2.24) is 23.5 Å². The SMILES string of the molecule is CCCCCc1c(-c2ccccc2)[nH]c2nc3c(c(=O)n(C)c(=O)n3C)n12. The molecule has 0 saturated heterocycles. The van der Waals surface area contributed by atoms with Crippen LogP contribution in [0.4, 0.5) is 0 Å². The maximum absolute atomic E-state index is 12.9. The molecule has 3 aromatic heterocycles. The van der Waals surface area contributed by atoms with Gasteiger partial charge in [0.25, 0.3) is 5.56 Å². The van der Waals surface area contributed by atoms with Crippen LogP contribution >= 0.6 is 0 Å². The van der Waals surface area contributed by atoms with Gasteiger partial charge in [-0.15, -0.1) is 0 Å². The Morgan fingerprint density at radius 3 is 2.48 bits per heavy atom. The molecule has 4 rings (SSSR count). The molecule has 0 radical (unpaired) electrons. The average molecular weight is 365 g/mol. The molecular formula is C20H23N5O2. The summed E-state index contributed by atoms with van der Waals surface area (Å²) in [7, 11) is 3.15. The highest BCUT2D eigenvalue weighted by atomic mass is 16.2. The molecule has 1 N–H and O–H groups in total. The standard InChI is InChI=1S/C20H23N5O2/c1-4-5-7-12-14-15(13-10-8-6-9-11-13)21-19-22-17-16(25(14)19)18(26)24(3)20(27)23(17)2/h6,8-11H,4-5,7,12H2,1-3H3,(H,21,22). The van der Waals surface area contributed by atoms with Gasteiger partial charge in [-0.1, -0.05) is 50.1 Å². The van der Waals surface area contributed by atoms with Crippen molar-refractivity contribution in [3.63, 3.8) is 0 Å². The van der Waals surface area contributed by atoms with E-state index in [0.717, 1.165) is 47.2 Å². The van der Waals surface area contributed by atoms with E-state index in [1.807, 2.05) is 34.7 Å². The van der Waals surface area contributed by atoms with Gasteiger partial charge in [0.05, 0.1) is 11.4 Å². The van der Waals surface area contributed by atoms with Crippen LogP contribution < -0.4 is 11.2 Å². The summed E-state index contributed by atoms with van der Waals surface area (Å²) in [5.74, 6) is 0.591. The van der Waals surface area contributed by atoms with Crippen molar-refractivity contribution in [3.8, 4) is 11.3 Å². The molecule has 0 atom stereocenters. The van der Waals surface area contributed by atoms with Crippen LogP contribution in [0.25, 0.3) is 28.2 Å². The number of unbranched alkanes of at least 4 members (excludes halogenated alkanes) is 2. The lowest BCUT2D eigenvalue weighted by Gasteiger charge is -2.07. The zero-order valence-corrected chi connectivity index (χ0v) is 15.8. The number of nitrogens with zero attached hydrogens (tertiary/aromatic N) is 4. The Bertz CT molecular complexity index is 1240. The van der Waals surface area contributed by atoms with E-state index < -0.39 is 0 Å². The number of aryl methyl sites for hydroxylation is 2. The number of nitrogens with one attached hydrogen (secondary N) is 1. The number of hydrogen-bond acceptors (Lipinski definition) is 3. The van der Waals surface area contributed by atoms with E-state index >= 15 is 0 Å². The first-order valence-electron chi connectivity index (χ1n) is 9.29. The predicted molar refractivity (Wildman–Crippen MR) is 106 cm³/mol. The summed E-state index contributed by atoms with van der Waals surface area (Å²) >= 11 is 0. The molecule has 0 fully saturated rings. The zero-order chi connectivity index (χ0) is 19.1. The van der Waals surface area contributed by atoms with Crippen LogP contribution in [0.1, 0.15) is 31.9 Å². The van der Waals surface area contributed by atoms with Gasteiger partial charge in [-0.25, -0.2) is 4.79 Å². The van der Waals surface area contributed by atoms with Crippen LogP contribution in [-0.2, 0) is 20.5 Å². The van der Waals surface area contributed by atoms with Crippen LogP contribution in [0.15, 0.2) is 39.9 Å². The zero-order valence-electron chi connectivity index (χ0n) is 15.8. The summed E-state index contributed by atoms with van der Waals surface area (Å²) in [6.07, 6.45) is 4.09. The van der Waals surface area contributed by atoms with Crippen molar-refractivity contribution >= 4 is 16.9 Å². The highest BCUT2D eigenvalue weighted by Gasteiger charge is 2.21. The Hall–Kier alpha value is -3.09. The fraction of sp³-hybridized carbons (Fsp3) is 0.350. The highest BCUT2D eigenvalue weighted by Crippen LogP contribution is 2.27. The van der Waals surface area contributed by atoms with E-state index in [-0.39, 0.29) is 11.2 Å². The monoisotopic (exact) mass is 365 g/mol. The average Bonchev–Trinajstić information content (AvgIpc) is 3.22. The molecule has 0 aliphatic heterocycles. The Morgan fingerprint density at radius 2 is 1.78 bits per heavy atom. The van der Waals surface area contributed by atoms with Gasteiger partial charge in [0, 0.05) is 14.1 Å². The van der Waals surface area contributed by atoms with E-state index in [2.05, 4.69) is 16.9 Å². The first kappa shape index (κ1) is 17.3. The van der Waals surface area contributed by atoms with Gasteiger partial charge < -0.3 is 4.98 Å². The second-order valence-electron chi connectivity index (χ2n) is 6.92. The van der Waals surface area contributed by atoms with Crippen molar-refractivity contribution in [2.75, 3.05) is 0 Å². The summed E-state index contributed by atoms with van der Waals surface area (Å²) in [6, 6.07) is 10.1. The van der Waals surface area contributed by atoms with Crippen molar-refractivity contribution in [1.29, 1.82) is 0 Å². The van der Waals surface area contributed by atoms with Gasteiger partial charge in [-0.2, -0.15) is 4.98 Å². The van der Waals surface area contributed by atoms with E-state index in [1.165, 1.54) is 11.6 Å². The number of hydrogen-bond donors (Lipinski definition) is 1. The third kappa shape index (κ3) is 2.61. The van der Waals surface area contributed by atoms with Crippen LogP contribution in [0.2, 0.25) is 0 Å². The van der Waals surface area contributed by atoms with Crippen molar-refractivity contribution in [3.05, 3.63) is 56.9 Å². The molecule has 0 bridgehead atoms. The highest BCUT2D eigenvalue weighted by molar-refractivity contribution is 5.79. The number of H-pyrrole nitrogens is 1. The lowest BCUT2D eigenvalue weighted by molar-refractivity contribution is 0.699. The molecule has 140 valence electrons. The lowest BCUT2D eigenvalue weighted by atomic mass is 10.1. The van der Waals surface area contributed by atoms with Gasteiger partial charge in [0.2, 0.25) is 5.78 Å². The first-order chi connectivity index (χ1) is 13.0. The Morgan fingerprint density at radius 1 is 1.04 bits per heavy atom. The smallest absolute Gasteiger partial charge is 0.323 e. The summed E-state index contributed by atoms with van der Waals surface area (Å²) in [4.78, 5) is 33.1. The third-order valence-corrected chi connectivity index (χ3v) is 5.13. The summed E-state index contributed by atoms with van der Waals surface area (Å²) in [5, 5.41) is 0. The molecule has 0 saturated carbocycles. The van der Waals surface area contributed by atoms with Crippen molar-refractivity contribution < 1.29 is 0 Å². The Labute approximate surface area is 155 Å². The second kappa shape index (κ2) is 6.57. The maximum atomic E-state index is 12.9. The van der Waals surface area contributed by atoms with E-state index in [4.69, 9.17) is 0 Å². The molecule has 0 spiro atoms. The number of imidazole rings is 2. The van der Waals surface area contributed by atoms with Crippen LogP contribution in [0.3, 0.4) is 0 Å². The Kier molecular flexibility index (Phi) is 4.22. The summed E-state index contributed by atoms with van der Waals surface area (Å²) < 4.78 is 4.46. The predicted octanol–water partition coefficient (Wildman–Crippen LogP) is 2.61. The topological polar surface area (TPSA) is 77.1 Å². The molecule has 4 aromatic rings. The van der Waals surface area contributed by atoms with Crippen molar-refractivity contribution in [2.45, 2.75) is 32.6 Å². The quantitative estimate of drug-likeness (QED) is 0.552. The van der Waals surface area contributed by atoms with Gasteiger partial charge in [0.15, 0.2) is 11.2 Å². The normalized spacial score (nSPS) is 11.7. The van der Waals surface area contributed by atoms with Crippen molar-refractivity contribution in [2.24, 2.45) is 14.1 Å². The number of rotatable bonds is 5. The molecule has 0 unspecified atom stereocenters. The fourth-order valence-corrected chi connectivity index (χ4v) is 3.66. The van der Waals surface area contributed by atoms with Gasteiger partial charge in [-0.3, -0.25) is 18.3 Å². The minimum atomic E-state index is -0.371.